The number of aromatic nitrogens is 2. The van der Waals surface area contributed by atoms with Crippen molar-refractivity contribution in [3.63, 3.8) is 0 Å². The maximum Gasteiger partial charge on any atom is 0.240 e. The number of thiophene rings is 1. The van der Waals surface area contributed by atoms with Gasteiger partial charge in [0, 0.05) is 11.4 Å². The van der Waals surface area contributed by atoms with Crippen molar-refractivity contribution in [1.29, 1.82) is 0 Å². The minimum Gasteiger partial charge on any atom is -0.369 e. The molecule has 0 amide bonds. The third-order valence-electron chi connectivity index (χ3n) is 4.04. The molecule has 0 spiro atoms. The SMILES string of the molecule is Cc1cc2c(NCC3CCN(C)CC3)nc(NN)nc2s1. The second kappa shape index (κ2) is 6.13. The average Bonchev–Trinajstić information content (AvgIpc) is 2.86. The maximum absolute atomic E-state index is 5.47. The fourth-order valence-electron chi connectivity index (χ4n) is 2.75. The highest BCUT2D eigenvalue weighted by Gasteiger charge is 2.17. The molecule has 0 bridgehead atoms. The highest BCUT2D eigenvalue weighted by Crippen LogP contribution is 2.30. The van der Waals surface area contributed by atoms with Gasteiger partial charge in [-0.3, -0.25) is 5.43 Å². The van der Waals surface area contributed by atoms with E-state index in [2.05, 4.69) is 45.6 Å². The Morgan fingerprint density at radius 2 is 2.14 bits per heavy atom. The second-order valence-corrected chi connectivity index (χ2v) is 6.98. The molecule has 2 aromatic rings. The van der Waals surface area contributed by atoms with E-state index in [0.717, 1.165) is 22.6 Å². The molecule has 4 N–H and O–H groups in total. The van der Waals surface area contributed by atoms with E-state index in [1.54, 1.807) is 11.3 Å². The smallest absolute Gasteiger partial charge is 0.240 e. The fraction of sp³-hybridized carbons (Fsp3) is 0.571. The summed E-state index contributed by atoms with van der Waals surface area (Å²) in [5.41, 5.74) is 2.55. The van der Waals surface area contributed by atoms with E-state index in [9.17, 15) is 0 Å². The molecule has 0 aliphatic carbocycles. The summed E-state index contributed by atoms with van der Waals surface area (Å²) in [5, 5.41) is 4.59. The molecule has 7 heteroatoms. The first kappa shape index (κ1) is 14.5. The van der Waals surface area contributed by atoms with Crippen LogP contribution in [0, 0.1) is 12.8 Å². The van der Waals surface area contributed by atoms with Crippen molar-refractivity contribution < 1.29 is 0 Å². The van der Waals surface area contributed by atoms with Crippen molar-refractivity contribution in [2.75, 3.05) is 37.4 Å². The predicted molar refractivity (Wildman–Crippen MR) is 88.7 cm³/mol. The van der Waals surface area contributed by atoms with Gasteiger partial charge in [0.2, 0.25) is 5.95 Å². The summed E-state index contributed by atoms with van der Waals surface area (Å²) in [6.45, 7) is 5.40. The molecule has 6 nitrogen and oxygen atoms in total. The topological polar surface area (TPSA) is 79.1 Å². The number of nitrogen functional groups attached to an aromatic ring is 1. The summed E-state index contributed by atoms with van der Waals surface area (Å²) in [4.78, 5) is 13.5. The van der Waals surface area contributed by atoms with Crippen molar-refractivity contribution >= 4 is 33.3 Å². The first-order valence-corrected chi connectivity index (χ1v) is 8.14. The maximum atomic E-state index is 5.47. The number of likely N-dealkylation sites (tertiary alicyclic amines) is 1. The number of aryl methyl sites for hydroxylation is 1. The summed E-state index contributed by atoms with van der Waals surface area (Å²) < 4.78 is 0. The molecule has 1 aliphatic rings. The minimum absolute atomic E-state index is 0.468. The summed E-state index contributed by atoms with van der Waals surface area (Å²) in [6.07, 6.45) is 2.48. The molecule has 2 aromatic heterocycles. The Kier molecular flexibility index (Phi) is 4.23. The Hall–Kier alpha value is -1.44. The van der Waals surface area contributed by atoms with Gasteiger partial charge in [-0.15, -0.1) is 11.3 Å². The molecular formula is C14H22N6S. The van der Waals surface area contributed by atoms with Crippen molar-refractivity contribution in [2.24, 2.45) is 11.8 Å². The molecule has 0 atom stereocenters. The van der Waals surface area contributed by atoms with Crippen LogP contribution in [0.1, 0.15) is 17.7 Å². The number of hydrogen-bond donors (Lipinski definition) is 3. The van der Waals surface area contributed by atoms with Gasteiger partial charge in [0.15, 0.2) is 0 Å². The highest BCUT2D eigenvalue weighted by molar-refractivity contribution is 7.18. The van der Waals surface area contributed by atoms with Gasteiger partial charge >= 0.3 is 0 Å². The lowest BCUT2D eigenvalue weighted by Gasteiger charge is -2.29. The Morgan fingerprint density at radius 1 is 1.38 bits per heavy atom. The fourth-order valence-corrected chi connectivity index (χ4v) is 3.63. The number of rotatable bonds is 4. The molecule has 0 unspecified atom stereocenters. The minimum atomic E-state index is 0.468. The number of nitrogens with zero attached hydrogens (tertiary/aromatic N) is 3. The number of anilines is 2. The molecule has 114 valence electrons. The number of nitrogens with one attached hydrogen (secondary N) is 2. The van der Waals surface area contributed by atoms with Gasteiger partial charge in [-0.25, -0.2) is 10.8 Å². The average molecular weight is 306 g/mol. The van der Waals surface area contributed by atoms with Crippen LogP contribution in [-0.4, -0.2) is 41.5 Å². The summed E-state index contributed by atoms with van der Waals surface area (Å²) in [5.74, 6) is 7.53. The molecule has 0 radical (unpaired) electrons. The normalized spacial score (nSPS) is 17.3. The van der Waals surface area contributed by atoms with Crippen molar-refractivity contribution in [3.05, 3.63) is 10.9 Å². The van der Waals surface area contributed by atoms with Crippen LogP contribution in [0.4, 0.5) is 11.8 Å². The summed E-state index contributed by atoms with van der Waals surface area (Å²) >= 11 is 1.66. The lowest BCUT2D eigenvalue weighted by Crippen LogP contribution is -2.33. The monoisotopic (exact) mass is 306 g/mol. The first-order chi connectivity index (χ1) is 10.2. The van der Waals surface area contributed by atoms with E-state index in [1.807, 2.05) is 0 Å². The first-order valence-electron chi connectivity index (χ1n) is 7.33. The number of hydrogen-bond acceptors (Lipinski definition) is 7. The number of fused-ring (bicyclic) bond motifs is 1. The molecule has 3 heterocycles. The highest BCUT2D eigenvalue weighted by atomic mass is 32.1. The van der Waals surface area contributed by atoms with Crippen LogP contribution in [0.2, 0.25) is 0 Å². The van der Waals surface area contributed by atoms with Crippen LogP contribution in [0.3, 0.4) is 0 Å². The van der Waals surface area contributed by atoms with Crippen LogP contribution in [-0.2, 0) is 0 Å². The molecule has 1 aliphatic heterocycles. The molecule has 1 saturated heterocycles. The van der Waals surface area contributed by atoms with Crippen LogP contribution >= 0.6 is 11.3 Å². The van der Waals surface area contributed by atoms with Crippen LogP contribution < -0.4 is 16.6 Å². The van der Waals surface area contributed by atoms with Gasteiger partial charge in [-0.2, -0.15) is 4.98 Å². The van der Waals surface area contributed by atoms with Crippen LogP contribution in [0.15, 0.2) is 6.07 Å². The van der Waals surface area contributed by atoms with Gasteiger partial charge in [0.05, 0.1) is 5.39 Å². The molecule has 0 saturated carbocycles. The number of hydrazine groups is 1. The van der Waals surface area contributed by atoms with E-state index in [1.165, 1.54) is 30.8 Å². The largest absolute Gasteiger partial charge is 0.369 e. The molecule has 1 fully saturated rings. The molecule has 21 heavy (non-hydrogen) atoms. The third-order valence-corrected chi connectivity index (χ3v) is 4.99. The van der Waals surface area contributed by atoms with E-state index < -0.39 is 0 Å². The Bertz CT molecular complexity index is 617. The van der Waals surface area contributed by atoms with E-state index in [0.29, 0.717) is 11.9 Å². The van der Waals surface area contributed by atoms with Crippen molar-refractivity contribution in [3.8, 4) is 0 Å². The Morgan fingerprint density at radius 3 is 2.86 bits per heavy atom. The number of piperidine rings is 1. The standard InChI is InChI=1S/C14H22N6S/c1-9-7-11-12(17-14(19-15)18-13(11)21-9)16-8-10-3-5-20(2)6-4-10/h7,10H,3-6,8,15H2,1-2H3,(H2,16,17,18,19). The van der Waals surface area contributed by atoms with Gasteiger partial charge in [-0.1, -0.05) is 0 Å². The zero-order valence-corrected chi connectivity index (χ0v) is 13.3. The Balaban J connectivity index is 1.76. The van der Waals surface area contributed by atoms with Crippen molar-refractivity contribution in [1.82, 2.24) is 14.9 Å². The zero-order valence-electron chi connectivity index (χ0n) is 12.5. The van der Waals surface area contributed by atoms with Gasteiger partial charge in [-0.05, 0) is 51.9 Å². The number of nitrogens with two attached hydrogens (primary N) is 1. The summed E-state index contributed by atoms with van der Waals surface area (Å²) in [7, 11) is 2.19. The lowest BCUT2D eigenvalue weighted by molar-refractivity contribution is 0.226. The van der Waals surface area contributed by atoms with E-state index in [-0.39, 0.29) is 0 Å². The second-order valence-electron chi connectivity index (χ2n) is 5.74. The lowest BCUT2D eigenvalue weighted by atomic mass is 9.97. The van der Waals surface area contributed by atoms with Crippen molar-refractivity contribution in [2.45, 2.75) is 19.8 Å². The van der Waals surface area contributed by atoms with Gasteiger partial charge in [0.1, 0.15) is 10.6 Å². The summed E-state index contributed by atoms with van der Waals surface area (Å²) in [6, 6.07) is 2.14. The van der Waals surface area contributed by atoms with Crippen LogP contribution in [0.25, 0.3) is 10.2 Å². The van der Waals surface area contributed by atoms with Gasteiger partial charge < -0.3 is 10.2 Å². The quantitative estimate of drug-likeness (QED) is 0.592. The molecular weight excluding hydrogens is 284 g/mol. The van der Waals surface area contributed by atoms with E-state index in [4.69, 9.17) is 5.84 Å². The van der Waals surface area contributed by atoms with E-state index >= 15 is 0 Å². The molecule has 0 aromatic carbocycles. The predicted octanol–water partition coefficient (Wildman–Crippen LogP) is 2.04. The van der Waals surface area contributed by atoms with Gasteiger partial charge in [0.25, 0.3) is 0 Å². The molecule has 3 rings (SSSR count). The Labute approximate surface area is 128 Å². The third kappa shape index (κ3) is 3.25. The van der Waals surface area contributed by atoms with Crippen LogP contribution in [0.5, 0.6) is 0 Å². The zero-order chi connectivity index (χ0) is 14.8.